The maximum absolute atomic E-state index is 10.8. The minimum absolute atomic E-state index is 0.0105. The number of rotatable bonds is 3. The van der Waals surface area contributed by atoms with Gasteiger partial charge in [-0.2, -0.15) is 0 Å². The van der Waals surface area contributed by atoms with E-state index in [-0.39, 0.29) is 5.91 Å². The predicted octanol–water partition coefficient (Wildman–Crippen LogP) is 2.68. The molecular weight excluding hydrogens is 280 g/mol. The van der Waals surface area contributed by atoms with Gasteiger partial charge in [-0.3, -0.25) is 4.79 Å². The molecule has 2 aromatic rings. The van der Waals surface area contributed by atoms with E-state index in [9.17, 15) is 4.79 Å². The zero-order valence-corrected chi connectivity index (χ0v) is 11.1. The van der Waals surface area contributed by atoms with Gasteiger partial charge in [-0.15, -0.1) is 0 Å². The van der Waals surface area contributed by atoms with E-state index in [4.69, 9.17) is 0 Å². The van der Waals surface area contributed by atoms with Crippen LogP contribution < -0.4 is 5.32 Å². The van der Waals surface area contributed by atoms with Gasteiger partial charge < -0.3 is 5.32 Å². The van der Waals surface area contributed by atoms with Gasteiger partial charge in [0.2, 0.25) is 5.91 Å². The Morgan fingerprint density at radius 2 is 2.18 bits per heavy atom. The lowest BCUT2D eigenvalue weighted by molar-refractivity contribution is -0.118. The van der Waals surface area contributed by atoms with Crippen LogP contribution in [0.4, 0.5) is 0 Å². The highest BCUT2D eigenvalue weighted by atomic mass is 79.9. The molecule has 0 aliphatic carbocycles. The molecule has 4 heteroatoms. The number of halogens is 1. The van der Waals surface area contributed by atoms with Crippen LogP contribution in [0.3, 0.4) is 0 Å². The van der Waals surface area contributed by atoms with Gasteiger partial charge in [-0.1, -0.05) is 12.1 Å². The molecule has 0 aliphatic heterocycles. The topological polar surface area (TPSA) is 42.0 Å². The lowest BCUT2D eigenvalue weighted by atomic mass is 10.1. The molecule has 1 heterocycles. The molecule has 0 atom stereocenters. The molecule has 3 nitrogen and oxygen atoms in total. The smallest absolute Gasteiger partial charge is 0.216 e. The molecule has 0 spiro atoms. The van der Waals surface area contributed by atoms with Crippen LogP contribution in [-0.2, 0) is 11.2 Å². The molecule has 0 fully saturated rings. The van der Waals surface area contributed by atoms with Gasteiger partial charge >= 0.3 is 0 Å². The summed E-state index contributed by atoms with van der Waals surface area (Å²) in [5, 5.41) is 3.91. The fourth-order valence-electron chi connectivity index (χ4n) is 1.69. The highest BCUT2D eigenvalue weighted by Gasteiger charge is 1.99. The van der Waals surface area contributed by atoms with Gasteiger partial charge in [0.15, 0.2) is 0 Å². The quantitative estimate of drug-likeness (QED) is 0.884. The van der Waals surface area contributed by atoms with Crippen LogP contribution in [-0.4, -0.2) is 17.4 Å². The largest absolute Gasteiger partial charge is 0.356 e. The summed E-state index contributed by atoms with van der Waals surface area (Å²) in [5.41, 5.74) is 2.18. The van der Waals surface area contributed by atoms with Crippen LogP contribution >= 0.6 is 15.9 Å². The number of carbonyl (C=O) groups excluding carboxylic acids is 1. The van der Waals surface area contributed by atoms with E-state index < -0.39 is 0 Å². The van der Waals surface area contributed by atoms with Crippen LogP contribution in [0.1, 0.15) is 12.5 Å². The number of carbonyl (C=O) groups is 1. The Kier molecular flexibility index (Phi) is 3.74. The Morgan fingerprint density at radius 3 is 2.94 bits per heavy atom. The van der Waals surface area contributed by atoms with Crippen LogP contribution in [0.25, 0.3) is 10.9 Å². The summed E-state index contributed by atoms with van der Waals surface area (Å²) in [4.78, 5) is 15.1. The van der Waals surface area contributed by atoms with Crippen molar-refractivity contribution in [2.24, 2.45) is 0 Å². The van der Waals surface area contributed by atoms with Gasteiger partial charge in [-0.05, 0) is 46.1 Å². The Bertz CT molecular complexity index is 554. The number of benzene rings is 1. The minimum Gasteiger partial charge on any atom is -0.356 e. The molecule has 2 rings (SSSR count). The van der Waals surface area contributed by atoms with Crippen LogP contribution in [0, 0.1) is 0 Å². The third kappa shape index (κ3) is 3.27. The molecule has 0 bridgehead atoms. The van der Waals surface area contributed by atoms with Crippen molar-refractivity contribution in [1.29, 1.82) is 0 Å². The summed E-state index contributed by atoms with van der Waals surface area (Å²) in [5.74, 6) is 0.0105. The Morgan fingerprint density at radius 1 is 1.35 bits per heavy atom. The summed E-state index contributed by atoms with van der Waals surface area (Å²) in [6, 6.07) is 10.1. The van der Waals surface area contributed by atoms with Crippen molar-refractivity contribution in [3.05, 3.63) is 40.5 Å². The molecule has 1 N–H and O–H groups in total. The van der Waals surface area contributed by atoms with Crippen molar-refractivity contribution < 1.29 is 4.79 Å². The summed E-state index contributed by atoms with van der Waals surface area (Å²) in [7, 11) is 0. The number of aromatic nitrogens is 1. The molecule has 1 aromatic heterocycles. The first kappa shape index (κ1) is 12.0. The zero-order valence-electron chi connectivity index (χ0n) is 9.53. The van der Waals surface area contributed by atoms with Gasteiger partial charge in [0.1, 0.15) is 4.60 Å². The maximum atomic E-state index is 10.8. The number of fused-ring (bicyclic) bond motifs is 1. The van der Waals surface area contributed by atoms with E-state index in [0.29, 0.717) is 6.54 Å². The second-order valence-electron chi connectivity index (χ2n) is 3.89. The molecule has 17 heavy (non-hydrogen) atoms. The number of pyridine rings is 1. The Balaban J connectivity index is 2.14. The summed E-state index contributed by atoms with van der Waals surface area (Å²) in [6.45, 7) is 2.20. The lowest BCUT2D eigenvalue weighted by Gasteiger charge is -2.04. The average Bonchev–Trinajstić information content (AvgIpc) is 2.29. The number of hydrogen-bond acceptors (Lipinski definition) is 2. The summed E-state index contributed by atoms with van der Waals surface area (Å²) < 4.78 is 0.844. The van der Waals surface area contributed by atoms with E-state index in [1.165, 1.54) is 12.5 Å². The van der Waals surface area contributed by atoms with E-state index in [2.05, 4.69) is 32.3 Å². The zero-order chi connectivity index (χ0) is 12.3. The molecule has 88 valence electrons. The third-order valence-electron chi connectivity index (χ3n) is 2.51. The lowest BCUT2D eigenvalue weighted by Crippen LogP contribution is -2.22. The van der Waals surface area contributed by atoms with Crippen molar-refractivity contribution in [3.63, 3.8) is 0 Å². The first-order valence-corrected chi connectivity index (χ1v) is 6.24. The fraction of sp³-hybridized carbons (Fsp3) is 0.231. The Hall–Kier alpha value is -1.42. The molecular formula is C13H13BrN2O. The Labute approximate surface area is 108 Å². The molecule has 0 unspecified atom stereocenters. The molecule has 0 radical (unpaired) electrons. The van der Waals surface area contributed by atoms with Gasteiger partial charge in [0.25, 0.3) is 0 Å². The van der Waals surface area contributed by atoms with E-state index in [1.807, 2.05) is 24.3 Å². The van der Waals surface area contributed by atoms with Crippen molar-refractivity contribution in [2.75, 3.05) is 6.54 Å². The number of amides is 1. The van der Waals surface area contributed by atoms with Gasteiger partial charge in [0.05, 0.1) is 5.52 Å². The fourth-order valence-corrected chi connectivity index (χ4v) is 2.01. The van der Waals surface area contributed by atoms with Crippen molar-refractivity contribution >= 4 is 32.7 Å². The number of nitrogens with zero attached hydrogens (tertiary/aromatic N) is 1. The minimum atomic E-state index is 0.0105. The van der Waals surface area contributed by atoms with Crippen molar-refractivity contribution in [1.82, 2.24) is 10.3 Å². The van der Waals surface area contributed by atoms with Crippen LogP contribution in [0.5, 0.6) is 0 Å². The van der Waals surface area contributed by atoms with Crippen molar-refractivity contribution in [3.8, 4) is 0 Å². The van der Waals surface area contributed by atoms with Crippen LogP contribution in [0.15, 0.2) is 34.9 Å². The molecule has 1 amide bonds. The predicted molar refractivity (Wildman–Crippen MR) is 71.8 cm³/mol. The van der Waals surface area contributed by atoms with E-state index in [1.54, 1.807) is 0 Å². The third-order valence-corrected chi connectivity index (χ3v) is 2.95. The molecule has 0 saturated carbocycles. The monoisotopic (exact) mass is 292 g/mol. The summed E-state index contributed by atoms with van der Waals surface area (Å²) in [6.07, 6.45) is 0.839. The molecule has 1 aromatic carbocycles. The second-order valence-corrected chi connectivity index (χ2v) is 4.71. The maximum Gasteiger partial charge on any atom is 0.216 e. The highest BCUT2D eigenvalue weighted by molar-refractivity contribution is 9.10. The SMILES string of the molecule is CC(=O)NCCc1ccc2nc(Br)ccc2c1. The molecule has 0 saturated heterocycles. The standard InChI is InChI=1S/C13H13BrN2O/c1-9(17)15-7-6-10-2-4-12-11(8-10)3-5-13(14)16-12/h2-5,8H,6-7H2,1H3,(H,15,17). The number of hydrogen-bond donors (Lipinski definition) is 1. The summed E-state index contributed by atoms with van der Waals surface area (Å²) >= 11 is 3.35. The number of nitrogens with one attached hydrogen (secondary N) is 1. The van der Waals surface area contributed by atoms with Crippen molar-refractivity contribution in [2.45, 2.75) is 13.3 Å². The van der Waals surface area contributed by atoms with E-state index >= 15 is 0 Å². The first-order valence-electron chi connectivity index (χ1n) is 5.45. The van der Waals surface area contributed by atoms with Crippen LogP contribution in [0.2, 0.25) is 0 Å². The van der Waals surface area contributed by atoms with Gasteiger partial charge in [-0.25, -0.2) is 4.98 Å². The van der Waals surface area contributed by atoms with E-state index in [0.717, 1.165) is 21.9 Å². The first-order chi connectivity index (χ1) is 8.15. The second kappa shape index (κ2) is 5.27. The molecule has 0 aliphatic rings. The average molecular weight is 293 g/mol. The normalized spacial score (nSPS) is 10.5. The van der Waals surface area contributed by atoms with Gasteiger partial charge in [0, 0.05) is 18.9 Å². The highest BCUT2D eigenvalue weighted by Crippen LogP contribution is 2.17.